The van der Waals surface area contributed by atoms with E-state index in [1.165, 1.54) is 0 Å². The molecule has 1 saturated heterocycles. The van der Waals surface area contributed by atoms with Gasteiger partial charge in [-0.05, 0) is 0 Å². The molecule has 1 fully saturated rings. The standard InChI is InChI=1S/C9H9N3OSe/c1-2-7(10-6-4-13-5-6)9-8(3-1)11-14-12-9/h1-3,6,10H,4-5H2. The van der Waals surface area contributed by atoms with Crippen molar-refractivity contribution < 1.29 is 4.74 Å². The van der Waals surface area contributed by atoms with E-state index in [-0.39, 0.29) is 14.6 Å². The maximum atomic E-state index is 5.11. The third-order valence-electron chi connectivity index (χ3n) is 2.28. The van der Waals surface area contributed by atoms with Gasteiger partial charge in [-0.15, -0.1) is 0 Å². The molecule has 0 aliphatic carbocycles. The number of anilines is 1. The van der Waals surface area contributed by atoms with Crippen molar-refractivity contribution >= 4 is 31.6 Å². The molecule has 3 rings (SSSR count). The third kappa shape index (κ3) is 1.34. The average molecular weight is 254 g/mol. The minimum absolute atomic E-state index is 0.0518. The van der Waals surface area contributed by atoms with E-state index in [0.29, 0.717) is 6.04 Å². The van der Waals surface area contributed by atoms with Gasteiger partial charge in [0.25, 0.3) is 0 Å². The molecule has 0 bridgehead atoms. The van der Waals surface area contributed by atoms with Crippen molar-refractivity contribution in [3.8, 4) is 0 Å². The van der Waals surface area contributed by atoms with Gasteiger partial charge in [0.05, 0.1) is 0 Å². The summed E-state index contributed by atoms with van der Waals surface area (Å²) in [6, 6.07) is 6.53. The minimum atomic E-state index is 0.0518. The number of nitrogens with one attached hydrogen (secondary N) is 1. The quantitative estimate of drug-likeness (QED) is 0.831. The van der Waals surface area contributed by atoms with Crippen molar-refractivity contribution in [2.24, 2.45) is 7.92 Å². The van der Waals surface area contributed by atoms with Crippen molar-refractivity contribution in [3.63, 3.8) is 0 Å². The van der Waals surface area contributed by atoms with E-state index in [1.54, 1.807) is 0 Å². The Balaban J connectivity index is 1.90. The summed E-state index contributed by atoms with van der Waals surface area (Å²) in [6.45, 7) is 1.60. The normalized spacial score (nSPS) is 18.6. The number of hydrogen-bond donors (Lipinski definition) is 1. The van der Waals surface area contributed by atoms with Crippen LogP contribution in [0.25, 0.3) is 0 Å². The van der Waals surface area contributed by atoms with Crippen LogP contribution in [0.3, 0.4) is 0 Å². The van der Waals surface area contributed by atoms with Gasteiger partial charge in [-0.2, -0.15) is 0 Å². The van der Waals surface area contributed by atoms with Gasteiger partial charge in [-0.1, -0.05) is 0 Å². The topological polar surface area (TPSA) is 46.0 Å². The number of hydrogen-bond acceptors (Lipinski definition) is 4. The molecule has 5 heteroatoms. The summed E-state index contributed by atoms with van der Waals surface area (Å²) in [6.07, 6.45) is 0. The van der Waals surface area contributed by atoms with E-state index in [0.717, 1.165) is 30.3 Å². The fraction of sp³-hybridized carbons (Fsp3) is 0.333. The Morgan fingerprint density at radius 1 is 1.36 bits per heavy atom. The summed E-state index contributed by atoms with van der Waals surface area (Å²) in [5.74, 6) is 0. The van der Waals surface area contributed by atoms with Crippen LogP contribution in [0.4, 0.5) is 17.1 Å². The van der Waals surface area contributed by atoms with Gasteiger partial charge >= 0.3 is 87.1 Å². The second kappa shape index (κ2) is 3.35. The molecule has 1 aromatic carbocycles. The molecular weight excluding hydrogens is 245 g/mol. The first kappa shape index (κ1) is 8.41. The number of nitrogens with zero attached hydrogens (tertiary/aromatic N) is 2. The van der Waals surface area contributed by atoms with Gasteiger partial charge in [0.1, 0.15) is 0 Å². The molecule has 1 aromatic rings. The number of benzene rings is 1. The Hall–Kier alpha value is -0.901. The van der Waals surface area contributed by atoms with Gasteiger partial charge in [0.15, 0.2) is 0 Å². The first-order valence-electron chi connectivity index (χ1n) is 4.49. The second-order valence-corrected chi connectivity index (χ2v) is 4.42. The fourth-order valence-corrected chi connectivity index (χ4v) is 2.61. The van der Waals surface area contributed by atoms with Gasteiger partial charge in [0.2, 0.25) is 0 Å². The molecule has 72 valence electrons. The van der Waals surface area contributed by atoms with Crippen LogP contribution in [0.2, 0.25) is 0 Å². The van der Waals surface area contributed by atoms with E-state index < -0.39 is 0 Å². The molecule has 0 unspecified atom stereocenters. The molecule has 0 saturated carbocycles. The van der Waals surface area contributed by atoms with E-state index in [9.17, 15) is 0 Å². The molecule has 2 heterocycles. The van der Waals surface area contributed by atoms with Crippen molar-refractivity contribution in [2.75, 3.05) is 18.5 Å². The Bertz CT molecular complexity index is 436. The van der Waals surface area contributed by atoms with Crippen LogP contribution >= 0.6 is 0 Å². The molecule has 14 heavy (non-hydrogen) atoms. The Labute approximate surface area is 87.4 Å². The first-order chi connectivity index (χ1) is 6.93. The monoisotopic (exact) mass is 255 g/mol. The Morgan fingerprint density at radius 2 is 2.29 bits per heavy atom. The van der Waals surface area contributed by atoms with Crippen LogP contribution in [-0.4, -0.2) is 33.8 Å². The zero-order chi connectivity index (χ0) is 9.38. The molecular formula is C9H9N3OSe. The first-order valence-corrected chi connectivity index (χ1v) is 6.02. The van der Waals surface area contributed by atoms with Gasteiger partial charge in [0, 0.05) is 0 Å². The summed E-state index contributed by atoms with van der Waals surface area (Å²) >= 11 is 0.0518. The molecule has 2 aliphatic heterocycles. The third-order valence-corrected chi connectivity index (χ3v) is 3.42. The Morgan fingerprint density at radius 3 is 3.07 bits per heavy atom. The molecule has 0 aromatic heterocycles. The van der Waals surface area contributed by atoms with Gasteiger partial charge in [-0.3, -0.25) is 0 Å². The van der Waals surface area contributed by atoms with Crippen molar-refractivity contribution in [2.45, 2.75) is 6.04 Å². The summed E-state index contributed by atoms with van der Waals surface area (Å²) in [7, 11) is 0. The zero-order valence-electron chi connectivity index (χ0n) is 7.43. The van der Waals surface area contributed by atoms with Crippen LogP contribution < -0.4 is 5.32 Å². The van der Waals surface area contributed by atoms with Crippen molar-refractivity contribution in [1.29, 1.82) is 0 Å². The predicted octanol–water partition coefficient (Wildman–Crippen LogP) is 1.85. The van der Waals surface area contributed by atoms with E-state index in [4.69, 9.17) is 4.74 Å². The summed E-state index contributed by atoms with van der Waals surface area (Å²) in [5.41, 5.74) is 3.15. The predicted molar refractivity (Wildman–Crippen MR) is 54.6 cm³/mol. The molecule has 2 aliphatic rings. The molecule has 1 N–H and O–H groups in total. The van der Waals surface area contributed by atoms with Crippen molar-refractivity contribution in [3.05, 3.63) is 18.2 Å². The second-order valence-electron chi connectivity index (χ2n) is 3.32. The SMILES string of the molecule is c1cc2c(c(NC3COC3)c1)N=[Se]=N2. The molecule has 0 atom stereocenters. The molecule has 0 radical (unpaired) electrons. The maximum absolute atomic E-state index is 5.11. The average Bonchev–Trinajstić information content (AvgIpc) is 2.59. The molecule has 4 nitrogen and oxygen atoms in total. The van der Waals surface area contributed by atoms with Crippen LogP contribution in [0.15, 0.2) is 26.1 Å². The van der Waals surface area contributed by atoms with Crippen LogP contribution in [0.5, 0.6) is 0 Å². The van der Waals surface area contributed by atoms with Crippen LogP contribution in [-0.2, 0) is 4.74 Å². The Kier molecular flexibility index (Phi) is 2.01. The summed E-state index contributed by atoms with van der Waals surface area (Å²) in [5, 5.41) is 3.41. The van der Waals surface area contributed by atoms with Crippen LogP contribution in [0, 0.1) is 0 Å². The van der Waals surface area contributed by atoms with E-state index in [1.807, 2.05) is 12.1 Å². The van der Waals surface area contributed by atoms with E-state index >= 15 is 0 Å². The molecule has 0 amide bonds. The van der Waals surface area contributed by atoms with Crippen molar-refractivity contribution in [1.82, 2.24) is 0 Å². The van der Waals surface area contributed by atoms with Crippen LogP contribution in [0.1, 0.15) is 0 Å². The van der Waals surface area contributed by atoms with Gasteiger partial charge < -0.3 is 0 Å². The summed E-state index contributed by atoms with van der Waals surface area (Å²) in [4.78, 5) is 0. The molecule has 0 spiro atoms. The number of rotatable bonds is 2. The number of fused-ring (bicyclic) bond motifs is 1. The van der Waals surface area contributed by atoms with E-state index in [2.05, 4.69) is 19.3 Å². The zero-order valence-corrected chi connectivity index (χ0v) is 9.15. The number of ether oxygens (including phenoxy) is 1. The fourth-order valence-electron chi connectivity index (χ4n) is 1.46. The summed E-state index contributed by atoms with van der Waals surface area (Å²) < 4.78 is 13.9. The van der Waals surface area contributed by atoms with Gasteiger partial charge in [-0.25, -0.2) is 0 Å².